The molecule has 0 radical (unpaired) electrons. The van der Waals surface area contributed by atoms with Crippen LogP contribution in [0.1, 0.15) is 6.42 Å². The number of rotatable bonds is 1. The lowest BCUT2D eigenvalue weighted by atomic mass is 10.4. The third kappa shape index (κ3) is 1.50. The largest absolute Gasteiger partial charge is 0.380 e. The average Bonchev–Trinajstić information content (AvgIpc) is 2.10. The van der Waals surface area contributed by atoms with Gasteiger partial charge in [0.1, 0.15) is 0 Å². The average molecular weight is 161 g/mol. The molecule has 1 aliphatic rings. The predicted molar refractivity (Wildman–Crippen MR) is 40.2 cm³/mol. The van der Waals surface area contributed by atoms with E-state index in [-0.39, 0.29) is 5.75 Å². The topological polar surface area (TPSA) is 37.4 Å². The van der Waals surface area contributed by atoms with Gasteiger partial charge in [-0.1, -0.05) is 0 Å². The second-order valence-electron chi connectivity index (χ2n) is 2.62. The lowest BCUT2D eigenvalue weighted by Crippen LogP contribution is -2.08. The van der Waals surface area contributed by atoms with Crippen LogP contribution >= 0.6 is 0 Å². The van der Waals surface area contributed by atoms with E-state index in [9.17, 15) is 8.42 Å². The van der Waals surface area contributed by atoms with Crippen molar-refractivity contribution in [3.8, 4) is 0 Å². The summed E-state index contributed by atoms with van der Waals surface area (Å²) in [7, 11) is 0.863. The number of hydrogen-bond donors (Lipinski definition) is 0. The van der Waals surface area contributed by atoms with Gasteiger partial charge in [-0.15, -0.1) is 0 Å². The molecule has 0 aromatic rings. The van der Waals surface area contributed by atoms with Gasteiger partial charge in [-0.05, 0) is 0 Å². The van der Waals surface area contributed by atoms with Crippen LogP contribution in [0.2, 0.25) is 0 Å². The molecule has 0 bridgehead atoms. The van der Waals surface area contributed by atoms with Crippen LogP contribution in [0.5, 0.6) is 0 Å². The second-order valence-corrected chi connectivity index (χ2v) is 4.59. The Labute approximate surface area is 61.3 Å². The van der Waals surface area contributed by atoms with Crippen molar-refractivity contribution < 1.29 is 8.42 Å². The lowest BCUT2D eigenvalue weighted by molar-refractivity contribution is 0.499. The number of sulfone groups is 1. The highest BCUT2D eigenvalue weighted by Crippen LogP contribution is 2.17. The third-order valence-electron chi connectivity index (χ3n) is 1.53. The third-order valence-corrected chi connectivity index (χ3v) is 2.94. The normalized spacial score (nSPS) is 22.4. The Hall–Kier alpha value is -0.510. The smallest absolute Gasteiger partial charge is 0.173 e. The fourth-order valence-corrected chi connectivity index (χ4v) is 2.26. The highest BCUT2D eigenvalue weighted by atomic mass is 32.2. The molecule has 0 aromatic carbocycles. The standard InChI is InChI=1S/C6H11NO2S/c1-7(2)6-3-4-10(8,9)5-6/h5H,3-4H2,1-2H3. The molecule has 0 amide bonds. The molecule has 10 heavy (non-hydrogen) atoms. The van der Waals surface area contributed by atoms with E-state index in [1.165, 1.54) is 5.41 Å². The first-order valence-corrected chi connectivity index (χ1v) is 4.83. The summed E-state index contributed by atoms with van der Waals surface area (Å²) in [5.41, 5.74) is 0.903. The molecular weight excluding hydrogens is 150 g/mol. The van der Waals surface area contributed by atoms with E-state index in [2.05, 4.69) is 0 Å². The molecule has 0 spiro atoms. The molecule has 0 unspecified atom stereocenters. The van der Waals surface area contributed by atoms with Gasteiger partial charge in [0.05, 0.1) is 5.75 Å². The molecule has 1 heterocycles. The van der Waals surface area contributed by atoms with Crippen LogP contribution < -0.4 is 0 Å². The molecular formula is C6H11NO2S. The fourth-order valence-electron chi connectivity index (χ4n) is 0.901. The van der Waals surface area contributed by atoms with E-state index in [1.54, 1.807) is 0 Å². The molecule has 0 atom stereocenters. The SMILES string of the molecule is CN(C)C1=CS(=O)(=O)CC1. The van der Waals surface area contributed by atoms with Crippen LogP contribution in [-0.2, 0) is 9.84 Å². The Morgan fingerprint density at radius 2 is 2.10 bits per heavy atom. The summed E-state index contributed by atoms with van der Waals surface area (Å²) >= 11 is 0. The van der Waals surface area contributed by atoms with E-state index in [0.717, 1.165) is 5.70 Å². The van der Waals surface area contributed by atoms with Crippen LogP contribution in [0, 0.1) is 0 Å². The first kappa shape index (κ1) is 7.60. The minimum atomic E-state index is -2.84. The first-order chi connectivity index (χ1) is 4.51. The number of allylic oxidation sites excluding steroid dienone is 1. The molecule has 0 saturated carbocycles. The van der Waals surface area contributed by atoms with Gasteiger partial charge in [0.25, 0.3) is 0 Å². The van der Waals surface area contributed by atoms with Gasteiger partial charge in [-0.2, -0.15) is 0 Å². The van der Waals surface area contributed by atoms with Crippen molar-refractivity contribution in [2.45, 2.75) is 6.42 Å². The van der Waals surface area contributed by atoms with Crippen LogP contribution in [0.15, 0.2) is 11.1 Å². The van der Waals surface area contributed by atoms with Crippen molar-refractivity contribution in [1.29, 1.82) is 0 Å². The Morgan fingerprint density at radius 3 is 2.30 bits per heavy atom. The predicted octanol–water partition coefficient (Wildman–Crippen LogP) is 0.208. The van der Waals surface area contributed by atoms with Crippen LogP contribution in [0.25, 0.3) is 0 Å². The molecule has 58 valence electrons. The molecule has 0 aromatic heterocycles. The first-order valence-electron chi connectivity index (χ1n) is 3.12. The van der Waals surface area contributed by atoms with Gasteiger partial charge in [0.2, 0.25) is 0 Å². The summed E-state index contributed by atoms with van der Waals surface area (Å²) in [6.07, 6.45) is 0.662. The Bertz CT molecular complexity index is 251. The fraction of sp³-hybridized carbons (Fsp3) is 0.667. The van der Waals surface area contributed by atoms with Gasteiger partial charge < -0.3 is 4.90 Å². The highest BCUT2D eigenvalue weighted by Gasteiger charge is 2.18. The molecule has 0 N–H and O–H groups in total. The molecule has 1 aliphatic heterocycles. The molecule has 0 aliphatic carbocycles. The van der Waals surface area contributed by atoms with Crippen molar-refractivity contribution >= 4 is 9.84 Å². The monoisotopic (exact) mass is 161 g/mol. The summed E-state index contributed by atoms with van der Waals surface area (Å²) in [5.74, 6) is 0.278. The maximum atomic E-state index is 10.8. The van der Waals surface area contributed by atoms with Crippen molar-refractivity contribution in [1.82, 2.24) is 4.90 Å². The van der Waals surface area contributed by atoms with Crippen LogP contribution in [0.4, 0.5) is 0 Å². The quantitative estimate of drug-likeness (QED) is 0.551. The zero-order valence-electron chi connectivity index (χ0n) is 6.16. The van der Waals surface area contributed by atoms with Crippen molar-refractivity contribution in [2.24, 2.45) is 0 Å². The van der Waals surface area contributed by atoms with E-state index in [0.29, 0.717) is 6.42 Å². The molecule has 0 fully saturated rings. The minimum absolute atomic E-state index is 0.278. The summed E-state index contributed by atoms with van der Waals surface area (Å²) < 4.78 is 21.7. The van der Waals surface area contributed by atoms with E-state index < -0.39 is 9.84 Å². The van der Waals surface area contributed by atoms with E-state index >= 15 is 0 Å². The van der Waals surface area contributed by atoms with Gasteiger partial charge in [0, 0.05) is 31.6 Å². The Kier molecular flexibility index (Phi) is 1.72. The van der Waals surface area contributed by atoms with Crippen molar-refractivity contribution in [3.63, 3.8) is 0 Å². The molecule has 3 nitrogen and oxygen atoms in total. The number of nitrogens with zero attached hydrogens (tertiary/aromatic N) is 1. The molecule has 4 heteroatoms. The van der Waals surface area contributed by atoms with E-state index in [1.807, 2.05) is 19.0 Å². The summed E-state index contributed by atoms with van der Waals surface area (Å²) in [6.45, 7) is 0. The zero-order valence-corrected chi connectivity index (χ0v) is 6.98. The van der Waals surface area contributed by atoms with Gasteiger partial charge in [-0.3, -0.25) is 0 Å². The van der Waals surface area contributed by atoms with Gasteiger partial charge >= 0.3 is 0 Å². The van der Waals surface area contributed by atoms with Gasteiger partial charge in [0.15, 0.2) is 9.84 Å². The van der Waals surface area contributed by atoms with Gasteiger partial charge in [-0.25, -0.2) is 8.42 Å². The maximum absolute atomic E-state index is 10.8. The summed E-state index contributed by atoms with van der Waals surface area (Å²) in [4.78, 5) is 1.84. The summed E-state index contributed by atoms with van der Waals surface area (Å²) in [6, 6.07) is 0. The highest BCUT2D eigenvalue weighted by molar-refractivity contribution is 7.94. The number of hydrogen-bond acceptors (Lipinski definition) is 3. The second kappa shape index (κ2) is 2.27. The lowest BCUT2D eigenvalue weighted by Gasteiger charge is -2.10. The van der Waals surface area contributed by atoms with E-state index in [4.69, 9.17) is 0 Å². The van der Waals surface area contributed by atoms with Crippen molar-refractivity contribution in [2.75, 3.05) is 19.8 Å². The van der Waals surface area contributed by atoms with Crippen molar-refractivity contribution in [3.05, 3.63) is 11.1 Å². The summed E-state index contributed by atoms with van der Waals surface area (Å²) in [5, 5.41) is 1.35. The molecule has 1 rings (SSSR count). The minimum Gasteiger partial charge on any atom is -0.380 e. The Balaban J connectivity index is 2.87. The van der Waals surface area contributed by atoms with Crippen LogP contribution in [-0.4, -0.2) is 33.2 Å². The Morgan fingerprint density at radius 1 is 1.50 bits per heavy atom. The zero-order chi connectivity index (χ0) is 7.78. The van der Waals surface area contributed by atoms with Crippen LogP contribution in [0.3, 0.4) is 0 Å². The maximum Gasteiger partial charge on any atom is 0.173 e. The molecule has 0 saturated heterocycles.